The van der Waals surface area contributed by atoms with Crippen LogP contribution in [0.5, 0.6) is 0 Å². The van der Waals surface area contributed by atoms with Crippen LogP contribution in [-0.2, 0) is 65.4 Å². The van der Waals surface area contributed by atoms with Gasteiger partial charge >= 0.3 is 39.5 Å². The average Bonchev–Trinajstić information content (AvgIpc) is 0.969. The van der Waals surface area contributed by atoms with Crippen LogP contribution in [0.25, 0.3) is 0 Å². The van der Waals surface area contributed by atoms with Gasteiger partial charge in [0.15, 0.2) is 12.2 Å². The van der Waals surface area contributed by atoms with Crippen molar-refractivity contribution in [1.29, 1.82) is 0 Å². The molecular weight excluding hydrogens is 1280 g/mol. The van der Waals surface area contributed by atoms with Gasteiger partial charge in [0.1, 0.15) is 19.3 Å². The van der Waals surface area contributed by atoms with Gasteiger partial charge in [0.05, 0.1) is 26.4 Å². The van der Waals surface area contributed by atoms with Gasteiger partial charge in [-0.2, -0.15) is 0 Å². The molecule has 5 unspecified atom stereocenters. The number of phosphoric ester groups is 2. The van der Waals surface area contributed by atoms with Gasteiger partial charge in [-0.15, -0.1) is 0 Å². The molecule has 0 radical (unpaired) electrons. The second kappa shape index (κ2) is 71.4. The highest BCUT2D eigenvalue weighted by Crippen LogP contribution is 2.45. The van der Waals surface area contributed by atoms with Gasteiger partial charge in [0.25, 0.3) is 0 Å². The molecule has 0 aliphatic carbocycles. The molecule has 17 nitrogen and oxygen atoms in total. The average molecular weight is 1420 g/mol. The Bertz CT molecular complexity index is 2240. The fourth-order valence-corrected chi connectivity index (χ4v) is 11.8. The van der Waals surface area contributed by atoms with E-state index in [0.717, 1.165) is 193 Å². The van der Waals surface area contributed by atoms with Gasteiger partial charge in [-0.3, -0.25) is 37.3 Å². The van der Waals surface area contributed by atoms with Crippen LogP contribution in [0.4, 0.5) is 0 Å². The first-order chi connectivity index (χ1) is 47.7. The van der Waals surface area contributed by atoms with Crippen LogP contribution in [-0.4, -0.2) is 96.7 Å². The lowest BCUT2D eigenvalue weighted by Gasteiger charge is -2.21. The minimum absolute atomic E-state index is 0.0812. The lowest BCUT2D eigenvalue weighted by Crippen LogP contribution is -2.30. The Hall–Kier alpha value is -4.02. The van der Waals surface area contributed by atoms with Crippen LogP contribution in [0.2, 0.25) is 0 Å². The second-order valence-corrected chi connectivity index (χ2v) is 28.4. The number of aliphatic hydroxyl groups excluding tert-OH is 1. The summed E-state index contributed by atoms with van der Waals surface area (Å²) in [5, 5.41) is 10.6. The van der Waals surface area contributed by atoms with Gasteiger partial charge in [0.2, 0.25) is 0 Å². The number of allylic oxidation sites excluding steroid dienone is 16. The first-order valence-corrected chi connectivity index (χ1v) is 41.5. The van der Waals surface area contributed by atoms with Crippen LogP contribution in [0.1, 0.15) is 323 Å². The van der Waals surface area contributed by atoms with E-state index in [1.165, 1.54) is 51.4 Å². The molecule has 3 N–H and O–H groups in total. The summed E-state index contributed by atoms with van der Waals surface area (Å²) in [6.07, 6.45) is 73.9. The molecule has 0 amide bonds. The zero-order valence-corrected chi connectivity index (χ0v) is 63.5. The molecule has 19 heteroatoms. The van der Waals surface area contributed by atoms with Crippen LogP contribution >= 0.6 is 15.6 Å². The maximum atomic E-state index is 13.1. The van der Waals surface area contributed by atoms with E-state index in [4.69, 9.17) is 37.0 Å². The molecular formula is C79H138O17P2. The summed E-state index contributed by atoms with van der Waals surface area (Å²) in [5.74, 6) is -2.21. The molecule has 98 heavy (non-hydrogen) atoms. The fourth-order valence-electron chi connectivity index (χ4n) is 10.2. The Balaban J connectivity index is 5.35. The van der Waals surface area contributed by atoms with Crippen molar-refractivity contribution < 1.29 is 80.2 Å². The van der Waals surface area contributed by atoms with Crippen molar-refractivity contribution in [2.45, 2.75) is 341 Å². The number of phosphoric acid groups is 2. The van der Waals surface area contributed by atoms with E-state index < -0.39 is 97.5 Å². The van der Waals surface area contributed by atoms with Crippen LogP contribution in [0.15, 0.2) is 97.2 Å². The maximum Gasteiger partial charge on any atom is 0.472 e. The molecule has 0 aromatic carbocycles. The standard InChI is InChI=1S/C79H138O17P2/c1-5-9-13-17-21-25-29-33-35-36-38-42-44-48-52-56-60-64-77(82)90-70-75(96-79(84)66-62-58-54-50-46-40-32-28-24-20-16-12-8-4)72-94-98(87,88)92-68-73(80)67-91-97(85,86)93-71-74(95-78(83)65-61-57-53-49-45-39-31-27-23-19-15-11-7-3)69-89-76(81)63-59-55-51-47-43-41-37-34-30-26-22-18-14-10-6-2/h9-10,13-14,21-22,25-28,31-35,37,73-75,80H,5-8,11-12,15-20,23-24,29-30,36,38-72H2,1-4H3,(H,85,86)(H,87,88)/b13-9-,14-10-,25-21-,26-22-,31-27-,32-28-,35-33-,37-34-. The normalized spacial score (nSPS) is 14.5. The quantitative estimate of drug-likeness (QED) is 0.0169. The molecule has 0 bridgehead atoms. The summed E-state index contributed by atoms with van der Waals surface area (Å²) >= 11 is 0. The summed E-state index contributed by atoms with van der Waals surface area (Å²) in [6, 6.07) is 0. The molecule has 0 heterocycles. The van der Waals surface area contributed by atoms with Gasteiger partial charge < -0.3 is 33.8 Å². The van der Waals surface area contributed by atoms with Gasteiger partial charge in [-0.05, 0) is 141 Å². The van der Waals surface area contributed by atoms with E-state index in [1.54, 1.807) is 0 Å². The third kappa shape index (κ3) is 70.4. The maximum absolute atomic E-state index is 13.1. The van der Waals surface area contributed by atoms with Crippen molar-refractivity contribution in [2.75, 3.05) is 39.6 Å². The van der Waals surface area contributed by atoms with E-state index in [0.29, 0.717) is 25.7 Å². The third-order valence-corrected chi connectivity index (χ3v) is 17.9. The Morgan fingerprint density at radius 3 is 0.827 bits per heavy atom. The van der Waals surface area contributed by atoms with E-state index in [1.807, 2.05) is 0 Å². The number of hydrogen-bond donors (Lipinski definition) is 3. The van der Waals surface area contributed by atoms with Crippen molar-refractivity contribution >= 4 is 39.5 Å². The zero-order chi connectivity index (χ0) is 71.8. The first-order valence-electron chi connectivity index (χ1n) is 38.5. The predicted octanol–water partition coefficient (Wildman–Crippen LogP) is 22.0. The largest absolute Gasteiger partial charge is 0.472 e. The number of rotatable bonds is 72. The Morgan fingerprint density at radius 1 is 0.296 bits per heavy atom. The Morgan fingerprint density at radius 2 is 0.531 bits per heavy atom. The fraction of sp³-hybridized carbons (Fsp3) is 0.747. The first kappa shape index (κ1) is 94.0. The van der Waals surface area contributed by atoms with Crippen molar-refractivity contribution in [3.63, 3.8) is 0 Å². The summed E-state index contributed by atoms with van der Waals surface area (Å²) in [5.41, 5.74) is 0. The summed E-state index contributed by atoms with van der Waals surface area (Å²) in [6.45, 7) is 4.60. The number of unbranched alkanes of at least 4 members (excludes halogenated alkanes) is 30. The number of hydrogen-bond acceptors (Lipinski definition) is 15. The minimum Gasteiger partial charge on any atom is -0.462 e. The number of carbonyl (C=O) groups excluding carboxylic acids is 4. The molecule has 0 saturated carbocycles. The molecule has 0 rings (SSSR count). The number of carbonyl (C=O) groups is 4. The third-order valence-electron chi connectivity index (χ3n) is 16.0. The number of aliphatic hydroxyl groups is 1. The summed E-state index contributed by atoms with van der Waals surface area (Å²) in [7, 11) is -9.95. The van der Waals surface area contributed by atoms with Crippen LogP contribution in [0.3, 0.4) is 0 Å². The van der Waals surface area contributed by atoms with Crippen LogP contribution < -0.4 is 0 Å². The SMILES string of the molecule is CC/C=C\C/C=C\C/C=C\CCCCCCCCCC(=O)OCC(COP(=O)(O)OCC(O)COP(=O)(O)OCC(COC(=O)CCCCCCC/C=C\C/C=C\C/C=C\CC)OC(=O)CCCCCCC/C=C\CCCCCC)OC(=O)CCCCCCC/C=C\CCCCCC. The topological polar surface area (TPSA) is 237 Å². The molecule has 0 aromatic heterocycles. The lowest BCUT2D eigenvalue weighted by atomic mass is 10.1. The van der Waals surface area contributed by atoms with Gasteiger partial charge in [-0.1, -0.05) is 253 Å². The van der Waals surface area contributed by atoms with E-state index in [-0.39, 0.29) is 25.7 Å². The molecule has 0 fully saturated rings. The predicted molar refractivity (Wildman–Crippen MR) is 399 cm³/mol. The van der Waals surface area contributed by atoms with Crippen molar-refractivity contribution in [1.82, 2.24) is 0 Å². The highest BCUT2D eigenvalue weighted by molar-refractivity contribution is 7.47. The monoisotopic (exact) mass is 1420 g/mol. The molecule has 0 spiro atoms. The van der Waals surface area contributed by atoms with Crippen LogP contribution in [0, 0.1) is 0 Å². The van der Waals surface area contributed by atoms with E-state index >= 15 is 0 Å². The van der Waals surface area contributed by atoms with Crippen molar-refractivity contribution in [3.05, 3.63) is 97.2 Å². The van der Waals surface area contributed by atoms with Gasteiger partial charge in [0, 0.05) is 25.7 Å². The van der Waals surface area contributed by atoms with E-state index in [9.17, 15) is 43.2 Å². The van der Waals surface area contributed by atoms with Gasteiger partial charge in [-0.25, -0.2) is 9.13 Å². The van der Waals surface area contributed by atoms with Crippen molar-refractivity contribution in [2.24, 2.45) is 0 Å². The van der Waals surface area contributed by atoms with Crippen molar-refractivity contribution in [3.8, 4) is 0 Å². The second-order valence-electron chi connectivity index (χ2n) is 25.5. The minimum atomic E-state index is -4.98. The smallest absolute Gasteiger partial charge is 0.462 e. The summed E-state index contributed by atoms with van der Waals surface area (Å²) < 4.78 is 68.5. The highest BCUT2D eigenvalue weighted by atomic mass is 31.2. The Labute approximate surface area is 595 Å². The summed E-state index contributed by atoms with van der Waals surface area (Å²) in [4.78, 5) is 72.9. The lowest BCUT2D eigenvalue weighted by molar-refractivity contribution is -0.161. The molecule has 566 valence electrons. The number of ether oxygens (including phenoxy) is 4. The molecule has 0 aromatic rings. The molecule has 0 aliphatic heterocycles. The zero-order valence-electron chi connectivity index (χ0n) is 61.7. The molecule has 5 atom stereocenters. The number of esters is 4. The highest BCUT2D eigenvalue weighted by Gasteiger charge is 2.30. The van der Waals surface area contributed by atoms with E-state index in [2.05, 4.69) is 125 Å². The Kier molecular flexibility index (Phi) is 68.4. The molecule has 0 aliphatic rings. The molecule has 0 saturated heterocycles.